The standard InChI is InChI=1S/C23H26N6O3S/c30-21-17-11-16(22-27-20(28-32-22)18-13-24-7-8-25-18)12-19(17)29(9-4-2-1-3-6-26-21)23(31)15-5-10-33-14-15/h5,7-8,10,13-14,16-17,19H,1-4,6,9,11-12H2,(H,26,30)/t16-,17-,19+/m1/s1. The number of hydrogen-bond acceptors (Lipinski definition) is 8. The molecule has 9 nitrogen and oxygen atoms in total. The Hall–Kier alpha value is -3.14. The van der Waals surface area contributed by atoms with Gasteiger partial charge in [0.1, 0.15) is 5.69 Å². The molecule has 1 saturated heterocycles. The Labute approximate surface area is 195 Å². The third-order valence-electron chi connectivity index (χ3n) is 6.50. The summed E-state index contributed by atoms with van der Waals surface area (Å²) in [6.45, 7) is 1.31. The van der Waals surface area contributed by atoms with Crippen LogP contribution in [0.5, 0.6) is 0 Å². The molecular weight excluding hydrogens is 440 g/mol. The smallest absolute Gasteiger partial charge is 0.254 e. The summed E-state index contributed by atoms with van der Waals surface area (Å²) >= 11 is 1.50. The molecule has 1 saturated carbocycles. The fourth-order valence-corrected chi connectivity index (χ4v) is 5.47. The van der Waals surface area contributed by atoms with Crippen LogP contribution in [0.25, 0.3) is 11.5 Å². The number of carbonyl (C=O) groups excluding carboxylic acids is 2. The number of nitrogens with one attached hydrogen (secondary N) is 1. The van der Waals surface area contributed by atoms with E-state index in [9.17, 15) is 9.59 Å². The Bertz CT molecular complexity index is 1090. The van der Waals surface area contributed by atoms with Crippen LogP contribution in [-0.4, -0.2) is 56.0 Å². The maximum absolute atomic E-state index is 13.4. The van der Waals surface area contributed by atoms with E-state index in [0.29, 0.717) is 48.9 Å². The van der Waals surface area contributed by atoms with E-state index in [1.165, 1.54) is 11.3 Å². The molecule has 1 aliphatic heterocycles. The Kier molecular flexibility index (Phi) is 6.43. The summed E-state index contributed by atoms with van der Waals surface area (Å²) in [5, 5.41) is 10.9. The van der Waals surface area contributed by atoms with Crippen LogP contribution in [0, 0.1) is 5.92 Å². The zero-order valence-electron chi connectivity index (χ0n) is 18.2. The summed E-state index contributed by atoms with van der Waals surface area (Å²) < 4.78 is 5.58. The molecule has 5 rings (SSSR count). The number of hydrogen-bond donors (Lipinski definition) is 1. The van der Waals surface area contributed by atoms with Gasteiger partial charge in [0, 0.05) is 42.8 Å². The van der Waals surface area contributed by atoms with E-state index in [1.54, 1.807) is 18.6 Å². The van der Waals surface area contributed by atoms with Crippen molar-refractivity contribution in [2.75, 3.05) is 13.1 Å². The van der Waals surface area contributed by atoms with Crippen molar-refractivity contribution >= 4 is 23.2 Å². The van der Waals surface area contributed by atoms with Gasteiger partial charge in [0.05, 0.1) is 17.7 Å². The Balaban J connectivity index is 1.43. The monoisotopic (exact) mass is 466 g/mol. The molecule has 0 spiro atoms. The van der Waals surface area contributed by atoms with E-state index in [-0.39, 0.29) is 29.7 Å². The van der Waals surface area contributed by atoms with E-state index >= 15 is 0 Å². The van der Waals surface area contributed by atoms with Crippen molar-refractivity contribution in [2.45, 2.75) is 50.5 Å². The van der Waals surface area contributed by atoms with Gasteiger partial charge in [-0.05, 0) is 37.1 Å². The minimum Gasteiger partial charge on any atom is -0.356 e. The molecule has 3 atom stereocenters. The number of thiophene rings is 1. The number of fused-ring (bicyclic) bond motifs is 1. The third-order valence-corrected chi connectivity index (χ3v) is 7.19. The zero-order chi connectivity index (χ0) is 22.6. The van der Waals surface area contributed by atoms with Gasteiger partial charge in [-0.1, -0.05) is 18.0 Å². The molecule has 0 unspecified atom stereocenters. The van der Waals surface area contributed by atoms with Crippen molar-refractivity contribution in [3.8, 4) is 11.5 Å². The molecule has 0 radical (unpaired) electrons. The van der Waals surface area contributed by atoms with Gasteiger partial charge >= 0.3 is 0 Å². The van der Waals surface area contributed by atoms with Crippen molar-refractivity contribution in [3.63, 3.8) is 0 Å². The average Bonchev–Trinajstić information content (AvgIpc) is 3.60. The van der Waals surface area contributed by atoms with Gasteiger partial charge in [-0.15, -0.1) is 0 Å². The summed E-state index contributed by atoms with van der Waals surface area (Å²) in [5.41, 5.74) is 1.22. The number of carbonyl (C=O) groups is 2. The Morgan fingerprint density at radius 1 is 1.18 bits per heavy atom. The number of nitrogens with zero attached hydrogens (tertiary/aromatic N) is 5. The zero-order valence-corrected chi connectivity index (χ0v) is 19.0. The van der Waals surface area contributed by atoms with Crippen LogP contribution in [0.2, 0.25) is 0 Å². The van der Waals surface area contributed by atoms with Gasteiger partial charge in [0.2, 0.25) is 17.6 Å². The lowest BCUT2D eigenvalue weighted by molar-refractivity contribution is -0.126. The highest BCUT2D eigenvalue weighted by molar-refractivity contribution is 7.08. The molecule has 172 valence electrons. The lowest BCUT2D eigenvalue weighted by Gasteiger charge is -2.32. The second-order valence-electron chi connectivity index (χ2n) is 8.60. The second kappa shape index (κ2) is 9.78. The molecule has 1 aliphatic carbocycles. The van der Waals surface area contributed by atoms with Crippen LogP contribution in [0.3, 0.4) is 0 Å². The highest BCUT2D eigenvalue weighted by atomic mass is 32.1. The largest absolute Gasteiger partial charge is 0.356 e. The molecule has 3 aromatic heterocycles. The molecule has 0 aromatic carbocycles. The average molecular weight is 467 g/mol. The first-order chi connectivity index (χ1) is 16.2. The topological polar surface area (TPSA) is 114 Å². The van der Waals surface area contributed by atoms with Gasteiger partial charge in [0.15, 0.2) is 0 Å². The van der Waals surface area contributed by atoms with Crippen molar-refractivity contribution in [1.82, 2.24) is 30.3 Å². The van der Waals surface area contributed by atoms with Crippen LogP contribution in [0.1, 0.15) is 60.7 Å². The molecule has 33 heavy (non-hydrogen) atoms. The molecule has 2 fully saturated rings. The minimum atomic E-state index is -0.317. The minimum absolute atomic E-state index is 0.00110. The third kappa shape index (κ3) is 4.66. The van der Waals surface area contributed by atoms with Crippen molar-refractivity contribution in [1.29, 1.82) is 0 Å². The maximum Gasteiger partial charge on any atom is 0.254 e. The van der Waals surface area contributed by atoms with Crippen LogP contribution in [0.4, 0.5) is 0 Å². The highest BCUT2D eigenvalue weighted by Crippen LogP contribution is 2.41. The molecule has 4 heterocycles. The second-order valence-corrected chi connectivity index (χ2v) is 9.38. The summed E-state index contributed by atoms with van der Waals surface area (Å²) in [4.78, 5) is 41.3. The van der Waals surface area contributed by atoms with Crippen LogP contribution in [-0.2, 0) is 4.79 Å². The SMILES string of the molecule is O=C1NCCCCCCN(C(=O)c2ccsc2)[C@H]2C[C@H](c3nc(-c4cnccn4)no3)C[C@@H]12. The first kappa shape index (κ1) is 21.7. The predicted molar refractivity (Wildman–Crippen MR) is 121 cm³/mol. The molecule has 0 bridgehead atoms. The first-order valence-electron chi connectivity index (χ1n) is 11.4. The maximum atomic E-state index is 13.4. The fourth-order valence-electron chi connectivity index (χ4n) is 4.84. The van der Waals surface area contributed by atoms with Gasteiger partial charge in [-0.3, -0.25) is 14.6 Å². The van der Waals surface area contributed by atoms with Gasteiger partial charge < -0.3 is 14.7 Å². The lowest BCUT2D eigenvalue weighted by atomic mass is 9.99. The van der Waals surface area contributed by atoms with Crippen molar-refractivity contribution in [2.24, 2.45) is 5.92 Å². The van der Waals surface area contributed by atoms with Crippen molar-refractivity contribution in [3.05, 3.63) is 46.9 Å². The van der Waals surface area contributed by atoms with E-state index in [4.69, 9.17) is 4.52 Å². The van der Waals surface area contributed by atoms with Gasteiger partial charge in [-0.25, -0.2) is 4.98 Å². The van der Waals surface area contributed by atoms with Gasteiger partial charge in [0.25, 0.3) is 5.91 Å². The number of amides is 2. The summed E-state index contributed by atoms with van der Waals surface area (Å²) in [6, 6.07) is 1.64. The van der Waals surface area contributed by atoms with Crippen LogP contribution in [0.15, 0.2) is 39.9 Å². The van der Waals surface area contributed by atoms with E-state index < -0.39 is 0 Å². The fraction of sp³-hybridized carbons (Fsp3) is 0.478. The molecule has 3 aromatic rings. The van der Waals surface area contributed by atoms with Gasteiger partial charge in [-0.2, -0.15) is 16.3 Å². The summed E-state index contributed by atoms with van der Waals surface area (Å²) in [5.74, 6) is 0.423. The van der Waals surface area contributed by atoms with E-state index in [1.807, 2.05) is 21.7 Å². The Morgan fingerprint density at radius 2 is 2.09 bits per heavy atom. The first-order valence-corrected chi connectivity index (χ1v) is 12.4. The van der Waals surface area contributed by atoms with E-state index in [2.05, 4.69) is 25.4 Å². The molecule has 2 amide bonds. The quantitative estimate of drug-likeness (QED) is 0.630. The molecule has 1 N–H and O–H groups in total. The van der Waals surface area contributed by atoms with Crippen LogP contribution < -0.4 is 5.32 Å². The number of aromatic nitrogens is 4. The summed E-state index contributed by atoms with van der Waals surface area (Å²) in [7, 11) is 0. The number of rotatable bonds is 3. The van der Waals surface area contributed by atoms with E-state index in [0.717, 1.165) is 25.7 Å². The lowest BCUT2D eigenvalue weighted by Crippen LogP contribution is -2.47. The highest BCUT2D eigenvalue weighted by Gasteiger charge is 2.45. The predicted octanol–water partition coefficient (Wildman–Crippen LogP) is 3.28. The van der Waals surface area contributed by atoms with Crippen molar-refractivity contribution < 1.29 is 14.1 Å². The van der Waals surface area contributed by atoms with Crippen LogP contribution >= 0.6 is 11.3 Å². The molecular formula is C23H26N6O3S. The summed E-state index contributed by atoms with van der Waals surface area (Å²) in [6.07, 6.45) is 9.88. The molecule has 2 aliphatic rings. The Morgan fingerprint density at radius 3 is 2.91 bits per heavy atom. The normalized spacial score (nSPS) is 24.1. The molecule has 10 heteroatoms.